The predicted octanol–water partition coefficient (Wildman–Crippen LogP) is 0.390. The van der Waals surface area contributed by atoms with Crippen molar-refractivity contribution in [1.29, 1.82) is 0 Å². The van der Waals surface area contributed by atoms with Crippen molar-refractivity contribution in [2.24, 2.45) is 0 Å². The maximum Gasteiger partial charge on any atom is 0.373 e. The van der Waals surface area contributed by atoms with E-state index in [2.05, 4.69) is 0 Å². The third kappa shape index (κ3) is 54.4. The molecule has 0 amide bonds. The van der Waals surface area contributed by atoms with Crippen LogP contribution < -0.4 is 0 Å². The first-order valence-corrected chi connectivity index (χ1v) is 0.902. The Bertz CT molecular complexity index is 53.1. The molecule has 0 spiro atoms. The van der Waals surface area contributed by atoms with Gasteiger partial charge in [0.15, 0.2) is 0 Å². The second kappa shape index (κ2) is 190. The number of rotatable bonds is 0. The van der Waals surface area contributed by atoms with E-state index in [9.17, 15) is 0 Å². The van der Waals surface area contributed by atoms with Gasteiger partial charge in [-0.1, -0.05) is 14.9 Å². The lowest BCUT2D eigenvalue weighted by atomic mass is 11.7. The number of carbonyl (C=O) groups excluding carboxylic acids is 2. The van der Waals surface area contributed by atoms with Crippen LogP contribution in [-0.4, -0.2) is 17.7 Å². The molecule has 0 aliphatic rings. The monoisotopic (exact) mass is 122 g/mol. The Balaban J connectivity index is -0.0000000160. The number of hydrogen-bond acceptors (Lipinski definition) is 3. The maximum atomic E-state index is 8.36. The van der Waals surface area contributed by atoms with Gasteiger partial charge in [0.1, 0.15) is 0 Å². The molecule has 1 N–H and O–H groups in total. The molecule has 4 nitrogen and oxygen atoms in total. The van der Waals surface area contributed by atoms with Crippen LogP contribution in [0.15, 0.2) is 0 Å². The first-order valence-electron chi connectivity index (χ1n) is 0.902. The molecule has 0 saturated carbocycles. The van der Waals surface area contributed by atoms with Crippen molar-refractivity contribution in [3.05, 3.63) is 0 Å². The smallest absolute Gasteiger partial charge is 0.373 e. The molecule has 0 unspecified atom stereocenters. The zero-order chi connectivity index (χ0) is 5.41. The van der Waals surface area contributed by atoms with Crippen molar-refractivity contribution in [1.82, 2.24) is 0 Å². The lowest BCUT2D eigenvalue weighted by molar-refractivity contribution is -0.191. The summed E-state index contributed by atoms with van der Waals surface area (Å²) in [5.41, 5.74) is 0. The van der Waals surface area contributed by atoms with Gasteiger partial charge in [0.2, 0.25) is 0 Å². The molecule has 0 rings (SSSR count). The Kier molecular flexibility index (Phi) is 687. The summed E-state index contributed by atoms with van der Waals surface area (Å²) in [6.45, 7) is -0.250. The van der Waals surface area contributed by atoms with Gasteiger partial charge in [-0.3, -0.25) is 4.79 Å². The molecule has 0 bridgehead atoms. The van der Waals surface area contributed by atoms with Crippen LogP contribution in [-0.2, 0) is 14.4 Å². The highest BCUT2D eigenvalue weighted by Gasteiger charge is 1.22. The Labute approximate surface area is 48.1 Å². The third-order valence-corrected chi connectivity index (χ3v) is 0. The highest BCUT2D eigenvalue weighted by molar-refractivity contribution is 5.32. The molecule has 0 aromatic carbocycles. The molecule has 0 aromatic rings. The summed E-state index contributed by atoms with van der Waals surface area (Å²) in [5.74, 6) is 0. The second-order valence-corrected chi connectivity index (χ2v) is 0.189. The Hall–Kier alpha value is -1.15. The van der Waals surface area contributed by atoms with Gasteiger partial charge in [-0.2, -0.15) is 9.59 Å². The zero-order valence-electron chi connectivity index (χ0n) is 2.75. The number of hydrogen-bond donors (Lipinski definition) is 1. The van der Waals surface area contributed by atoms with Crippen LogP contribution >= 0.6 is 0 Å². The fourth-order valence-corrected chi connectivity index (χ4v) is 0. The largest absolute Gasteiger partial charge is 0.483 e. The van der Waals surface area contributed by atoms with Gasteiger partial charge in [0.25, 0.3) is 6.47 Å². The van der Waals surface area contributed by atoms with Gasteiger partial charge in [0, 0.05) is 0 Å². The van der Waals surface area contributed by atoms with Gasteiger partial charge in [0.05, 0.1) is 0 Å². The lowest BCUT2D eigenvalue weighted by Gasteiger charge is -1.34. The van der Waals surface area contributed by atoms with Gasteiger partial charge < -0.3 is 5.11 Å². The van der Waals surface area contributed by atoms with E-state index < -0.39 is 0 Å². The van der Waals surface area contributed by atoms with Crippen molar-refractivity contribution in [2.45, 2.75) is 14.9 Å². The van der Waals surface area contributed by atoms with Crippen molar-refractivity contribution in [3.63, 3.8) is 0 Å². The summed E-state index contributed by atoms with van der Waals surface area (Å²) in [4.78, 5) is 24.6. The van der Waals surface area contributed by atoms with E-state index in [-0.39, 0.29) is 27.5 Å². The molecule has 0 heterocycles. The number of carbonyl (C=O) groups is 1. The molecule has 0 radical (unpaired) electrons. The van der Waals surface area contributed by atoms with Crippen molar-refractivity contribution >= 4 is 12.6 Å². The van der Waals surface area contributed by atoms with Gasteiger partial charge in [-0.15, -0.1) is 0 Å². The molecular weight excluding hydrogens is 112 g/mol. The SMILES string of the molecule is C.C.O=C=O.O=CO. The fourth-order valence-electron chi connectivity index (χ4n) is 0. The molecule has 0 saturated heterocycles. The van der Waals surface area contributed by atoms with Crippen LogP contribution in [0.25, 0.3) is 0 Å². The van der Waals surface area contributed by atoms with Crippen molar-refractivity contribution < 1.29 is 19.5 Å². The molecule has 0 atom stereocenters. The predicted molar refractivity (Wildman–Crippen MR) is 27.2 cm³/mol. The average molecular weight is 122 g/mol. The minimum absolute atomic E-state index is 0. The molecule has 0 aromatic heterocycles. The van der Waals surface area contributed by atoms with E-state index in [1.807, 2.05) is 0 Å². The Morgan fingerprint density at radius 1 is 1.25 bits per heavy atom. The van der Waals surface area contributed by atoms with E-state index in [0.717, 1.165) is 0 Å². The van der Waals surface area contributed by atoms with Crippen molar-refractivity contribution in [3.8, 4) is 0 Å². The summed E-state index contributed by atoms with van der Waals surface area (Å²) in [5, 5.41) is 6.89. The normalized spacial score (nSPS) is 2.50. The molecule has 0 aliphatic carbocycles. The summed E-state index contributed by atoms with van der Waals surface area (Å²) in [6, 6.07) is 0. The van der Waals surface area contributed by atoms with Crippen molar-refractivity contribution in [2.75, 3.05) is 0 Å². The average Bonchev–Trinajstić information content (AvgIpc) is 1.39. The highest BCUT2D eigenvalue weighted by atomic mass is 16.3. The minimum atomic E-state index is -0.250. The summed E-state index contributed by atoms with van der Waals surface area (Å²) in [7, 11) is 0. The summed E-state index contributed by atoms with van der Waals surface area (Å²) < 4.78 is 0. The van der Waals surface area contributed by atoms with Crippen LogP contribution in [0.3, 0.4) is 0 Å². The molecule has 4 heteroatoms. The van der Waals surface area contributed by atoms with E-state index in [1.54, 1.807) is 0 Å². The fraction of sp³-hybridized carbons (Fsp3) is 0.500. The van der Waals surface area contributed by atoms with E-state index in [1.165, 1.54) is 0 Å². The summed E-state index contributed by atoms with van der Waals surface area (Å²) in [6.07, 6.45) is 0.250. The van der Waals surface area contributed by atoms with E-state index in [0.29, 0.717) is 0 Å². The van der Waals surface area contributed by atoms with Crippen LogP contribution in [0.5, 0.6) is 0 Å². The standard InChI is InChI=1S/CH2O2.CO2.2CH4/c2*2-1-3;;/h1H,(H,2,3);;2*1H4. The third-order valence-electron chi connectivity index (χ3n) is 0. The second-order valence-electron chi connectivity index (χ2n) is 0.189. The first kappa shape index (κ1) is 28.9. The Morgan fingerprint density at radius 2 is 1.25 bits per heavy atom. The van der Waals surface area contributed by atoms with Crippen LogP contribution in [0, 0.1) is 0 Å². The van der Waals surface area contributed by atoms with Gasteiger partial charge >= 0.3 is 6.15 Å². The van der Waals surface area contributed by atoms with E-state index in [4.69, 9.17) is 19.5 Å². The summed E-state index contributed by atoms with van der Waals surface area (Å²) >= 11 is 0. The van der Waals surface area contributed by atoms with Crippen LogP contribution in [0.2, 0.25) is 0 Å². The molecule has 0 aliphatic heterocycles. The topological polar surface area (TPSA) is 71.4 Å². The highest BCUT2D eigenvalue weighted by Crippen LogP contribution is 0.966. The van der Waals surface area contributed by atoms with Gasteiger partial charge in [-0.25, -0.2) is 0 Å². The van der Waals surface area contributed by atoms with Crippen LogP contribution in [0.4, 0.5) is 0 Å². The van der Waals surface area contributed by atoms with Gasteiger partial charge in [-0.05, 0) is 0 Å². The van der Waals surface area contributed by atoms with E-state index >= 15 is 0 Å². The lowest BCUT2D eigenvalue weighted by Crippen LogP contribution is -1.49. The quantitative estimate of drug-likeness (QED) is 0.472. The molecule has 0 fully saturated rings. The number of carboxylic acid groups (broad SMARTS) is 1. The van der Waals surface area contributed by atoms with Crippen LogP contribution in [0.1, 0.15) is 14.9 Å². The molecule has 8 heavy (non-hydrogen) atoms. The molecular formula is C4H10O4. The minimum Gasteiger partial charge on any atom is -0.483 e. The maximum absolute atomic E-state index is 8.36. The first-order chi connectivity index (χ1) is 2.83. The Morgan fingerprint density at radius 3 is 1.25 bits per heavy atom. The molecule has 50 valence electrons. The zero-order valence-corrected chi connectivity index (χ0v) is 2.75.